The average Bonchev–Trinajstić information content (AvgIpc) is 2.53. The van der Waals surface area contributed by atoms with Gasteiger partial charge in [0.25, 0.3) is 5.91 Å². The first-order valence-electron chi connectivity index (χ1n) is 7.39. The molecule has 0 aromatic heterocycles. The van der Waals surface area contributed by atoms with E-state index in [0.29, 0.717) is 22.6 Å². The number of carbonyl (C=O) groups excluding carboxylic acids is 3. The van der Waals surface area contributed by atoms with E-state index in [1.165, 1.54) is 26.0 Å². The fraction of sp³-hybridized carbons (Fsp3) is 0.111. The predicted octanol–water partition coefficient (Wildman–Crippen LogP) is 2.73. The minimum atomic E-state index is -0.436. The van der Waals surface area contributed by atoms with Crippen molar-refractivity contribution in [1.29, 1.82) is 5.26 Å². The van der Waals surface area contributed by atoms with E-state index < -0.39 is 5.91 Å². The molecule has 2 aromatic carbocycles. The average molecular weight is 336 g/mol. The van der Waals surface area contributed by atoms with Crippen LogP contribution in [0.25, 0.3) is 0 Å². The summed E-state index contributed by atoms with van der Waals surface area (Å²) in [7, 11) is 0. The number of carbonyl (C=O) groups is 3. The SMILES string of the molecule is CC(=O)Nc1cc(NC(C)=O)cc(C(=O)Nc2cccc(C#N)c2)c1. The first-order chi connectivity index (χ1) is 11.9. The summed E-state index contributed by atoms with van der Waals surface area (Å²) in [5.41, 5.74) is 1.90. The van der Waals surface area contributed by atoms with Crippen molar-refractivity contribution >= 4 is 34.8 Å². The maximum absolute atomic E-state index is 12.5. The van der Waals surface area contributed by atoms with Crippen LogP contribution in [0, 0.1) is 11.3 Å². The van der Waals surface area contributed by atoms with Crippen molar-refractivity contribution in [2.75, 3.05) is 16.0 Å². The number of anilines is 3. The van der Waals surface area contributed by atoms with Crippen molar-refractivity contribution in [2.24, 2.45) is 0 Å². The quantitative estimate of drug-likeness (QED) is 0.797. The molecule has 0 aliphatic heterocycles. The Morgan fingerprint density at radius 2 is 1.44 bits per heavy atom. The van der Waals surface area contributed by atoms with Gasteiger partial charge in [-0.2, -0.15) is 5.26 Å². The largest absolute Gasteiger partial charge is 0.326 e. The molecule has 0 saturated heterocycles. The number of hydrogen-bond acceptors (Lipinski definition) is 4. The molecule has 0 unspecified atom stereocenters. The van der Waals surface area contributed by atoms with Crippen LogP contribution in [-0.4, -0.2) is 17.7 Å². The minimum Gasteiger partial charge on any atom is -0.326 e. The minimum absolute atomic E-state index is 0.248. The molecule has 0 aliphatic rings. The van der Waals surface area contributed by atoms with E-state index >= 15 is 0 Å². The highest BCUT2D eigenvalue weighted by atomic mass is 16.2. The number of nitrogens with one attached hydrogen (secondary N) is 3. The molecule has 7 nitrogen and oxygen atoms in total. The lowest BCUT2D eigenvalue weighted by Gasteiger charge is -2.11. The molecule has 0 bridgehead atoms. The van der Waals surface area contributed by atoms with Gasteiger partial charge in [0.15, 0.2) is 0 Å². The first kappa shape index (κ1) is 17.7. The van der Waals surface area contributed by atoms with Gasteiger partial charge in [0.05, 0.1) is 11.6 Å². The standard InChI is InChI=1S/C18H16N4O3/c1-11(23)20-16-7-14(8-17(9-16)21-12(2)24)18(25)22-15-5-3-4-13(6-15)10-19/h3-9H,1-2H3,(H,20,23)(H,21,24)(H,22,25). The predicted molar refractivity (Wildman–Crippen MR) is 94.2 cm³/mol. The van der Waals surface area contributed by atoms with Gasteiger partial charge in [-0.3, -0.25) is 14.4 Å². The third-order valence-electron chi connectivity index (χ3n) is 3.09. The molecule has 3 N–H and O–H groups in total. The number of amides is 3. The molecule has 0 heterocycles. The van der Waals surface area contributed by atoms with Gasteiger partial charge in [0.1, 0.15) is 0 Å². The second kappa shape index (κ2) is 7.75. The highest BCUT2D eigenvalue weighted by molar-refractivity contribution is 6.06. The van der Waals surface area contributed by atoms with Crippen molar-refractivity contribution in [3.05, 3.63) is 53.6 Å². The summed E-state index contributed by atoms with van der Waals surface area (Å²) < 4.78 is 0. The van der Waals surface area contributed by atoms with Gasteiger partial charge in [-0.1, -0.05) is 6.07 Å². The molecule has 2 aromatic rings. The highest BCUT2D eigenvalue weighted by Gasteiger charge is 2.11. The lowest BCUT2D eigenvalue weighted by Crippen LogP contribution is -2.15. The van der Waals surface area contributed by atoms with Crippen molar-refractivity contribution in [2.45, 2.75) is 13.8 Å². The van der Waals surface area contributed by atoms with Gasteiger partial charge < -0.3 is 16.0 Å². The summed E-state index contributed by atoms with van der Waals surface area (Å²) in [5, 5.41) is 16.8. The normalized spacial score (nSPS) is 9.64. The summed E-state index contributed by atoms with van der Waals surface area (Å²) in [6.45, 7) is 2.69. The molecule has 0 radical (unpaired) electrons. The number of rotatable bonds is 4. The Morgan fingerprint density at radius 3 is 1.96 bits per heavy atom. The Hall–Kier alpha value is -3.66. The Kier molecular flexibility index (Phi) is 5.48. The molecule has 0 aliphatic carbocycles. The molecule has 7 heteroatoms. The molecular formula is C18H16N4O3. The van der Waals surface area contributed by atoms with Gasteiger partial charge in [-0.15, -0.1) is 0 Å². The Morgan fingerprint density at radius 1 is 0.840 bits per heavy atom. The van der Waals surface area contributed by atoms with Gasteiger partial charge in [-0.25, -0.2) is 0 Å². The molecule has 0 atom stereocenters. The molecule has 25 heavy (non-hydrogen) atoms. The van der Waals surface area contributed by atoms with Gasteiger partial charge in [0.2, 0.25) is 11.8 Å². The zero-order chi connectivity index (χ0) is 18.4. The van der Waals surface area contributed by atoms with Crippen LogP contribution in [0.5, 0.6) is 0 Å². The molecule has 2 rings (SSSR count). The van der Waals surface area contributed by atoms with Crippen LogP contribution < -0.4 is 16.0 Å². The number of hydrogen-bond donors (Lipinski definition) is 3. The van der Waals surface area contributed by atoms with Gasteiger partial charge in [0, 0.05) is 36.5 Å². The highest BCUT2D eigenvalue weighted by Crippen LogP contribution is 2.21. The second-order valence-corrected chi connectivity index (χ2v) is 5.31. The Labute approximate surface area is 144 Å². The number of nitrogens with zero attached hydrogens (tertiary/aromatic N) is 1. The summed E-state index contributed by atoms with van der Waals surface area (Å²) in [6, 6.07) is 13.0. The topological polar surface area (TPSA) is 111 Å². The lowest BCUT2D eigenvalue weighted by atomic mass is 10.1. The lowest BCUT2D eigenvalue weighted by molar-refractivity contribution is -0.115. The Bertz CT molecular complexity index is 850. The van der Waals surface area contributed by atoms with Crippen LogP contribution in [-0.2, 0) is 9.59 Å². The van der Waals surface area contributed by atoms with E-state index in [2.05, 4.69) is 16.0 Å². The summed E-state index contributed by atoms with van der Waals surface area (Å²) in [4.78, 5) is 35.0. The maximum Gasteiger partial charge on any atom is 0.255 e. The molecular weight excluding hydrogens is 320 g/mol. The van der Waals surface area contributed by atoms with Crippen LogP contribution in [0.3, 0.4) is 0 Å². The fourth-order valence-electron chi connectivity index (χ4n) is 2.18. The molecule has 0 spiro atoms. The summed E-state index contributed by atoms with van der Waals surface area (Å²) >= 11 is 0. The van der Waals surface area contributed by atoms with E-state index in [-0.39, 0.29) is 17.4 Å². The first-order valence-corrected chi connectivity index (χ1v) is 7.39. The van der Waals surface area contributed by atoms with E-state index in [1.807, 2.05) is 6.07 Å². The van der Waals surface area contributed by atoms with E-state index in [0.717, 1.165) is 0 Å². The van der Waals surface area contributed by atoms with Crippen LogP contribution in [0.1, 0.15) is 29.8 Å². The van der Waals surface area contributed by atoms with Crippen molar-refractivity contribution < 1.29 is 14.4 Å². The number of benzene rings is 2. The Balaban J connectivity index is 2.31. The molecule has 0 fully saturated rings. The fourth-order valence-corrected chi connectivity index (χ4v) is 2.18. The van der Waals surface area contributed by atoms with Crippen LogP contribution in [0.4, 0.5) is 17.1 Å². The molecule has 0 saturated carbocycles. The third kappa shape index (κ3) is 5.18. The van der Waals surface area contributed by atoms with Crippen LogP contribution in [0.2, 0.25) is 0 Å². The van der Waals surface area contributed by atoms with Gasteiger partial charge >= 0.3 is 0 Å². The van der Waals surface area contributed by atoms with Crippen LogP contribution in [0.15, 0.2) is 42.5 Å². The van der Waals surface area contributed by atoms with Crippen molar-refractivity contribution in [3.63, 3.8) is 0 Å². The van der Waals surface area contributed by atoms with Crippen LogP contribution >= 0.6 is 0 Å². The second-order valence-electron chi connectivity index (χ2n) is 5.31. The summed E-state index contributed by atoms with van der Waals surface area (Å²) in [5.74, 6) is -1.03. The van der Waals surface area contributed by atoms with Gasteiger partial charge in [-0.05, 0) is 36.4 Å². The zero-order valence-electron chi connectivity index (χ0n) is 13.7. The maximum atomic E-state index is 12.5. The van der Waals surface area contributed by atoms with E-state index in [9.17, 15) is 14.4 Å². The smallest absolute Gasteiger partial charge is 0.255 e. The van der Waals surface area contributed by atoms with Crippen molar-refractivity contribution in [1.82, 2.24) is 0 Å². The number of nitriles is 1. The zero-order valence-corrected chi connectivity index (χ0v) is 13.7. The third-order valence-corrected chi connectivity index (χ3v) is 3.09. The molecule has 126 valence electrons. The summed E-state index contributed by atoms with van der Waals surface area (Å²) in [6.07, 6.45) is 0. The van der Waals surface area contributed by atoms with Crippen molar-refractivity contribution in [3.8, 4) is 6.07 Å². The molecule has 3 amide bonds. The van der Waals surface area contributed by atoms with E-state index in [1.54, 1.807) is 30.3 Å². The van der Waals surface area contributed by atoms with E-state index in [4.69, 9.17) is 5.26 Å². The monoisotopic (exact) mass is 336 g/mol.